The van der Waals surface area contributed by atoms with E-state index in [0.717, 1.165) is 0 Å². The Balaban J connectivity index is 1.84. The topological polar surface area (TPSA) is 118 Å². The Bertz CT molecular complexity index is 1150. The number of nitro benzene ring substituents is 1. The van der Waals surface area contributed by atoms with Gasteiger partial charge in [-0.25, -0.2) is 4.79 Å². The number of aromatic amines is 1. The van der Waals surface area contributed by atoms with Gasteiger partial charge in [0, 0.05) is 23.0 Å². The lowest BCUT2D eigenvalue weighted by Crippen LogP contribution is -2.29. The Morgan fingerprint density at radius 3 is 2.60 bits per heavy atom. The summed E-state index contributed by atoms with van der Waals surface area (Å²) in [5.41, 5.74) is 2.63. The first kappa shape index (κ1) is 19.3. The van der Waals surface area contributed by atoms with Gasteiger partial charge in [0.1, 0.15) is 0 Å². The minimum Gasteiger partial charge on any atom is -0.462 e. The van der Waals surface area contributed by atoms with Crippen molar-refractivity contribution in [2.24, 2.45) is 0 Å². The van der Waals surface area contributed by atoms with Crippen LogP contribution in [0.3, 0.4) is 0 Å². The summed E-state index contributed by atoms with van der Waals surface area (Å²) >= 11 is 0. The lowest BCUT2D eigenvalue weighted by molar-refractivity contribution is -0.385. The van der Waals surface area contributed by atoms with Crippen molar-refractivity contribution in [1.29, 1.82) is 0 Å². The first-order valence-electron chi connectivity index (χ1n) is 9.33. The lowest BCUT2D eigenvalue weighted by Gasteiger charge is -2.26. The van der Waals surface area contributed by atoms with E-state index in [0.29, 0.717) is 28.1 Å². The molecule has 0 fully saturated rings. The molecule has 0 saturated heterocycles. The number of ether oxygens (including phenoxy) is 1. The van der Waals surface area contributed by atoms with E-state index >= 15 is 0 Å². The molecule has 30 heavy (non-hydrogen) atoms. The zero-order chi connectivity index (χ0) is 21.4. The number of H-pyrrole nitrogens is 1. The standard InChI is InChI=1S/C21H18N4O5/c1-3-30-21(27)13-8-10-14(11-9-13)24-19(15-6-4-5-7-16(15)25(28)29)17-12(2)22-23-18(17)20(24)26/h4-11,19H,3H2,1-2H3,(H,22,23)/t19-/m1/s1. The predicted molar refractivity (Wildman–Crippen MR) is 107 cm³/mol. The number of rotatable bonds is 5. The van der Waals surface area contributed by atoms with Gasteiger partial charge in [-0.05, 0) is 44.2 Å². The number of nitro groups is 1. The molecule has 0 saturated carbocycles. The third kappa shape index (κ3) is 3.00. The Hall–Kier alpha value is -4.01. The summed E-state index contributed by atoms with van der Waals surface area (Å²) in [5.74, 6) is -0.836. The van der Waals surface area contributed by atoms with Crippen molar-refractivity contribution in [2.45, 2.75) is 19.9 Å². The molecule has 2 heterocycles. The molecule has 0 bridgehead atoms. The molecule has 1 aliphatic heterocycles. The first-order valence-corrected chi connectivity index (χ1v) is 9.33. The Morgan fingerprint density at radius 1 is 1.23 bits per heavy atom. The molecule has 1 atom stereocenters. The number of benzene rings is 2. The van der Waals surface area contributed by atoms with Crippen LogP contribution in [0.2, 0.25) is 0 Å². The highest BCUT2D eigenvalue weighted by Crippen LogP contribution is 2.44. The molecule has 2 aromatic carbocycles. The lowest BCUT2D eigenvalue weighted by atomic mass is 9.97. The van der Waals surface area contributed by atoms with Gasteiger partial charge in [-0.2, -0.15) is 5.10 Å². The first-order chi connectivity index (χ1) is 14.4. The summed E-state index contributed by atoms with van der Waals surface area (Å²) in [5, 5.41) is 18.6. The van der Waals surface area contributed by atoms with E-state index in [9.17, 15) is 19.7 Å². The molecule has 9 heteroatoms. The second-order valence-corrected chi connectivity index (χ2v) is 6.77. The number of anilines is 1. The molecule has 1 N–H and O–H groups in total. The predicted octanol–water partition coefficient (Wildman–Crippen LogP) is 3.55. The third-order valence-corrected chi connectivity index (χ3v) is 5.03. The van der Waals surface area contributed by atoms with Gasteiger partial charge in [0.05, 0.1) is 28.7 Å². The van der Waals surface area contributed by atoms with Crippen LogP contribution < -0.4 is 4.90 Å². The number of nitrogens with zero attached hydrogens (tertiary/aromatic N) is 3. The van der Waals surface area contributed by atoms with Crippen LogP contribution >= 0.6 is 0 Å². The fourth-order valence-electron chi connectivity index (χ4n) is 3.71. The van der Waals surface area contributed by atoms with Gasteiger partial charge in [-0.3, -0.25) is 24.9 Å². The summed E-state index contributed by atoms with van der Waals surface area (Å²) < 4.78 is 4.99. The van der Waals surface area contributed by atoms with Crippen molar-refractivity contribution in [3.8, 4) is 0 Å². The Labute approximate surface area is 171 Å². The quantitative estimate of drug-likeness (QED) is 0.393. The number of carbonyl (C=O) groups is 2. The van der Waals surface area contributed by atoms with Gasteiger partial charge in [0.25, 0.3) is 11.6 Å². The van der Waals surface area contributed by atoms with Crippen LogP contribution in [0.15, 0.2) is 48.5 Å². The number of amides is 1. The van der Waals surface area contributed by atoms with Crippen LogP contribution in [0.25, 0.3) is 0 Å². The fourth-order valence-corrected chi connectivity index (χ4v) is 3.71. The van der Waals surface area contributed by atoms with Crippen molar-refractivity contribution in [1.82, 2.24) is 10.2 Å². The van der Waals surface area contributed by atoms with E-state index < -0.39 is 16.9 Å². The van der Waals surface area contributed by atoms with Crippen molar-refractivity contribution in [3.63, 3.8) is 0 Å². The maximum atomic E-state index is 13.2. The number of hydrogen-bond acceptors (Lipinski definition) is 6. The number of nitrogens with one attached hydrogen (secondary N) is 1. The van der Waals surface area contributed by atoms with Crippen molar-refractivity contribution < 1.29 is 19.2 Å². The molecule has 9 nitrogen and oxygen atoms in total. The molecule has 1 amide bonds. The number of esters is 1. The van der Waals surface area contributed by atoms with Crippen LogP contribution in [0.1, 0.15) is 50.6 Å². The maximum Gasteiger partial charge on any atom is 0.338 e. The minimum atomic E-state index is -0.721. The smallest absolute Gasteiger partial charge is 0.338 e. The summed E-state index contributed by atoms with van der Waals surface area (Å²) in [6.07, 6.45) is 0. The highest BCUT2D eigenvalue weighted by Gasteiger charge is 2.44. The largest absolute Gasteiger partial charge is 0.462 e. The van der Waals surface area contributed by atoms with Crippen LogP contribution in [-0.4, -0.2) is 33.6 Å². The molecule has 1 aliphatic rings. The Morgan fingerprint density at radius 2 is 1.93 bits per heavy atom. The highest BCUT2D eigenvalue weighted by molar-refractivity contribution is 6.11. The molecule has 0 radical (unpaired) electrons. The van der Waals surface area contributed by atoms with E-state index in [1.54, 1.807) is 56.3 Å². The number of aromatic nitrogens is 2. The summed E-state index contributed by atoms with van der Waals surface area (Å²) in [7, 11) is 0. The van der Waals surface area contributed by atoms with E-state index in [1.165, 1.54) is 11.0 Å². The van der Waals surface area contributed by atoms with Gasteiger partial charge in [0.2, 0.25) is 0 Å². The van der Waals surface area contributed by atoms with Crippen molar-refractivity contribution in [2.75, 3.05) is 11.5 Å². The molecular formula is C21H18N4O5. The summed E-state index contributed by atoms with van der Waals surface area (Å²) in [6, 6.07) is 12.0. The minimum absolute atomic E-state index is 0.0862. The fraction of sp³-hybridized carbons (Fsp3) is 0.190. The van der Waals surface area contributed by atoms with Crippen molar-refractivity contribution >= 4 is 23.3 Å². The second kappa shape index (κ2) is 7.43. The third-order valence-electron chi connectivity index (χ3n) is 5.03. The maximum absolute atomic E-state index is 13.2. The molecular weight excluding hydrogens is 388 g/mol. The number of fused-ring (bicyclic) bond motifs is 1. The second-order valence-electron chi connectivity index (χ2n) is 6.77. The average molecular weight is 406 g/mol. The van der Waals surface area contributed by atoms with Gasteiger partial charge in [0.15, 0.2) is 5.69 Å². The number of carbonyl (C=O) groups excluding carboxylic acids is 2. The monoisotopic (exact) mass is 406 g/mol. The van der Waals surface area contributed by atoms with Crippen molar-refractivity contribution in [3.05, 3.63) is 86.7 Å². The molecule has 152 valence electrons. The van der Waals surface area contributed by atoms with E-state index in [2.05, 4.69) is 10.2 Å². The summed E-state index contributed by atoms with van der Waals surface area (Å²) in [4.78, 5) is 37.8. The zero-order valence-corrected chi connectivity index (χ0v) is 16.3. The van der Waals surface area contributed by atoms with Gasteiger partial charge in [-0.15, -0.1) is 0 Å². The van der Waals surface area contributed by atoms with E-state index in [4.69, 9.17) is 4.74 Å². The number of hydrogen-bond donors (Lipinski definition) is 1. The van der Waals surface area contributed by atoms with Crippen LogP contribution in [0.5, 0.6) is 0 Å². The number of aryl methyl sites for hydroxylation is 1. The van der Waals surface area contributed by atoms with Gasteiger partial charge >= 0.3 is 5.97 Å². The molecule has 4 rings (SSSR count). The van der Waals surface area contributed by atoms with Gasteiger partial charge in [-0.1, -0.05) is 12.1 Å². The molecule has 0 spiro atoms. The van der Waals surface area contributed by atoms with Crippen LogP contribution in [0.4, 0.5) is 11.4 Å². The van der Waals surface area contributed by atoms with Crippen LogP contribution in [0, 0.1) is 17.0 Å². The summed E-state index contributed by atoms with van der Waals surface area (Å²) in [6.45, 7) is 3.75. The normalized spacial score (nSPS) is 15.2. The van der Waals surface area contributed by atoms with E-state index in [-0.39, 0.29) is 23.9 Å². The number of para-hydroxylation sites is 1. The molecule has 0 unspecified atom stereocenters. The zero-order valence-electron chi connectivity index (χ0n) is 16.3. The van der Waals surface area contributed by atoms with Crippen LogP contribution in [-0.2, 0) is 4.74 Å². The highest BCUT2D eigenvalue weighted by atomic mass is 16.6. The average Bonchev–Trinajstić information content (AvgIpc) is 3.26. The van der Waals surface area contributed by atoms with Gasteiger partial charge < -0.3 is 4.74 Å². The molecule has 1 aromatic heterocycles. The van der Waals surface area contributed by atoms with E-state index in [1.807, 2.05) is 0 Å². The molecule has 3 aromatic rings. The Kier molecular flexibility index (Phi) is 4.78. The molecule has 0 aliphatic carbocycles. The SMILES string of the molecule is CCOC(=O)c1ccc(N2C(=O)c3n[nH]c(C)c3[C@H]2c2ccccc2[N+](=O)[O-])cc1.